The number of esters is 3. The van der Waals surface area contributed by atoms with E-state index < -0.39 is 69.2 Å². The molecule has 0 aliphatic rings. The third-order valence-corrected chi connectivity index (χ3v) is 4.07. The second kappa shape index (κ2) is 12.2. The van der Waals surface area contributed by atoms with E-state index in [1.165, 1.54) is 0 Å². The number of carboxylic acids is 3. The van der Waals surface area contributed by atoms with Crippen LogP contribution < -0.4 is 0 Å². The summed E-state index contributed by atoms with van der Waals surface area (Å²) < 4.78 is 14.8. The molecule has 180 valence electrons. The smallest absolute Gasteiger partial charge is 0.339 e. The zero-order valence-corrected chi connectivity index (χ0v) is 18.3. The maximum atomic E-state index is 12.9. The summed E-state index contributed by atoms with van der Waals surface area (Å²) in [4.78, 5) is 74.4. The van der Waals surface area contributed by atoms with Crippen molar-refractivity contribution in [3.8, 4) is 0 Å². The fraction of sp³-hybridized carbons (Fsp3) is 0.429. The standard InChI is InChI=1S/C21H24O12/c1-4-7-31-19(28)13-11(17(24)25)10(16(22)23)12(18(26)27)14(20(29)32-8-5-2)15(13)21(30)33-9-6-3/h4-9H2,1-3H3,(H,22,23)(H,24,25)(H,26,27). The van der Waals surface area contributed by atoms with E-state index in [0.717, 1.165) is 0 Å². The molecule has 12 nitrogen and oxygen atoms in total. The Labute approximate surface area is 188 Å². The molecule has 0 saturated heterocycles. The van der Waals surface area contributed by atoms with Gasteiger partial charge in [-0.1, -0.05) is 20.8 Å². The number of carbonyl (C=O) groups is 6. The van der Waals surface area contributed by atoms with Gasteiger partial charge in [-0.05, 0) is 19.3 Å². The van der Waals surface area contributed by atoms with E-state index in [2.05, 4.69) is 0 Å². The molecule has 1 aromatic carbocycles. The van der Waals surface area contributed by atoms with Crippen LogP contribution in [0.15, 0.2) is 0 Å². The largest absolute Gasteiger partial charge is 0.478 e. The van der Waals surface area contributed by atoms with E-state index in [0.29, 0.717) is 6.42 Å². The first kappa shape index (κ1) is 27.1. The summed E-state index contributed by atoms with van der Waals surface area (Å²) in [7, 11) is 0. The molecule has 0 aliphatic carbocycles. The highest BCUT2D eigenvalue weighted by atomic mass is 16.5. The molecule has 0 heterocycles. The van der Waals surface area contributed by atoms with Crippen molar-refractivity contribution in [2.45, 2.75) is 40.0 Å². The third-order valence-electron chi connectivity index (χ3n) is 4.07. The first-order chi connectivity index (χ1) is 15.5. The summed E-state index contributed by atoms with van der Waals surface area (Å²) in [5.41, 5.74) is -7.29. The highest BCUT2D eigenvalue weighted by molar-refractivity contribution is 6.23. The van der Waals surface area contributed by atoms with Gasteiger partial charge in [0.05, 0.1) is 53.2 Å². The van der Waals surface area contributed by atoms with Gasteiger partial charge in [0.25, 0.3) is 0 Å². The van der Waals surface area contributed by atoms with Crippen LogP contribution >= 0.6 is 0 Å². The third kappa shape index (κ3) is 6.05. The monoisotopic (exact) mass is 468 g/mol. The van der Waals surface area contributed by atoms with Crippen molar-refractivity contribution in [2.75, 3.05) is 19.8 Å². The van der Waals surface area contributed by atoms with Crippen molar-refractivity contribution in [2.24, 2.45) is 0 Å². The molecule has 12 heteroatoms. The Balaban J connectivity index is 4.32. The van der Waals surface area contributed by atoms with Crippen LogP contribution in [0.2, 0.25) is 0 Å². The molecule has 1 rings (SSSR count). The fourth-order valence-corrected chi connectivity index (χ4v) is 2.80. The van der Waals surface area contributed by atoms with Gasteiger partial charge in [0.15, 0.2) is 0 Å². The van der Waals surface area contributed by atoms with Crippen LogP contribution in [-0.4, -0.2) is 71.0 Å². The second-order valence-electron chi connectivity index (χ2n) is 6.57. The van der Waals surface area contributed by atoms with Gasteiger partial charge >= 0.3 is 35.8 Å². The molecule has 33 heavy (non-hydrogen) atoms. The van der Waals surface area contributed by atoms with Gasteiger partial charge in [0, 0.05) is 0 Å². The van der Waals surface area contributed by atoms with E-state index in [9.17, 15) is 44.1 Å². The molecule has 0 aliphatic heterocycles. The quantitative estimate of drug-likeness (QED) is 0.300. The lowest BCUT2D eigenvalue weighted by Gasteiger charge is -2.20. The molecule has 0 saturated carbocycles. The van der Waals surface area contributed by atoms with Crippen molar-refractivity contribution < 1.29 is 58.3 Å². The van der Waals surface area contributed by atoms with Crippen molar-refractivity contribution >= 4 is 35.8 Å². The Hall–Kier alpha value is -3.96. The van der Waals surface area contributed by atoms with Crippen LogP contribution in [0.1, 0.15) is 102 Å². The van der Waals surface area contributed by atoms with Gasteiger partial charge in [-0.15, -0.1) is 0 Å². The molecule has 0 radical (unpaired) electrons. The number of benzene rings is 1. The molecular weight excluding hydrogens is 444 g/mol. The molecule has 0 unspecified atom stereocenters. The number of aromatic carboxylic acids is 3. The van der Waals surface area contributed by atoms with Crippen LogP contribution in [0.25, 0.3) is 0 Å². The summed E-state index contributed by atoms with van der Waals surface area (Å²) in [6.45, 7) is 4.16. The Kier molecular flexibility index (Phi) is 9.99. The van der Waals surface area contributed by atoms with E-state index in [1.807, 2.05) is 0 Å². The molecule has 0 amide bonds. The average molecular weight is 468 g/mol. The Morgan fingerprint density at radius 2 is 0.697 bits per heavy atom. The number of ether oxygens (including phenoxy) is 3. The van der Waals surface area contributed by atoms with Crippen LogP contribution in [0.5, 0.6) is 0 Å². The van der Waals surface area contributed by atoms with Crippen LogP contribution in [-0.2, 0) is 14.2 Å². The minimum atomic E-state index is -2.06. The Bertz CT molecular complexity index is 917. The minimum Gasteiger partial charge on any atom is -0.478 e. The number of carbonyl (C=O) groups excluding carboxylic acids is 3. The number of carboxylic acid groups (broad SMARTS) is 3. The molecule has 1 aromatic rings. The lowest BCUT2D eigenvalue weighted by Crippen LogP contribution is -2.30. The topological polar surface area (TPSA) is 191 Å². The number of rotatable bonds is 12. The summed E-state index contributed by atoms with van der Waals surface area (Å²) >= 11 is 0. The van der Waals surface area contributed by atoms with Gasteiger partial charge in [-0.3, -0.25) is 0 Å². The number of hydrogen-bond acceptors (Lipinski definition) is 9. The van der Waals surface area contributed by atoms with Gasteiger partial charge in [-0.2, -0.15) is 0 Å². The lowest BCUT2D eigenvalue weighted by atomic mass is 9.85. The van der Waals surface area contributed by atoms with Crippen LogP contribution in [0, 0.1) is 0 Å². The Morgan fingerprint density at radius 3 is 0.909 bits per heavy atom. The van der Waals surface area contributed by atoms with E-state index in [-0.39, 0.29) is 32.7 Å². The zero-order chi connectivity index (χ0) is 25.3. The molecule has 3 N–H and O–H groups in total. The summed E-state index contributed by atoms with van der Waals surface area (Å²) in [6.07, 6.45) is 0.865. The van der Waals surface area contributed by atoms with E-state index >= 15 is 0 Å². The predicted octanol–water partition coefficient (Wildman–Crippen LogP) is 2.48. The molecule has 0 bridgehead atoms. The van der Waals surface area contributed by atoms with Crippen molar-refractivity contribution in [1.82, 2.24) is 0 Å². The second-order valence-corrected chi connectivity index (χ2v) is 6.57. The van der Waals surface area contributed by atoms with Gasteiger partial charge in [0.2, 0.25) is 0 Å². The molecular formula is C21H24O12. The van der Waals surface area contributed by atoms with Gasteiger partial charge < -0.3 is 29.5 Å². The first-order valence-electron chi connectivity index (χ1n) is 10.00. The molecule has 0 fully saturated rings. The predicted molar refractivity (Wildman–Crippen MR) is 109 cm³/mol. The maximum absolute atomic E-state index is 12.9. The first-order valence-corrected chi connectivity index (χ1v) is 10.00. The van der Waals surface area contributed by atoms with Crippen LogP contribution in [0.3, 0.4) is 0 Å². The summed E-state index contributed by atoms with van der Waals surface area (Å²) in [5, 5.41) is 29.0. The van der Waals surface area contributed by atoms with E-state index in [4.69, 9.17) is 14.2 Å². The van der Waals surface area contributed by atoms with Crippen molar-refractivity contribution in [3.63, 3.8) is 0 Å². The normalized spacial score (nSPS) is 10.3. The minimum absolute atomic E-state index is 0.225. The lowest BCUT2D eigenvalue weighted by molar-refractivity contribution is 0.0428. The molecule has 0 aromatic heterocycles. The fourth-order valence-electron chi connectivity index (χ4n) is 2.80. The Morgan fingerprint density at radius 1 is 0.485 bits per heavy atom. The van der Waals surface area contributed by atoms with Crippen LogP contribution in [0.4, 0.5) is 0 Å². The average Bonchev–Trinajstić information content (AvgIpc) is 2.76. The molecule has 0 spiro atoms. The van der Waals surface area contributed by atoms with Crippen molar-refractivity contribution in [3.05, 3.63) is 33.4 Å². The van der Waals surface area contributed by atoms with Crippen molar-refractivity contribution in [1.29, 1.82) is 0 Å². The zero-order valence-electron chi connectivity index (χ0n) is 18.3. The summed E-state index contributed by atoms with van der Waals surface area (Å²) in [6, 6.07) is 0. The highest BCUT2D eigenvalue weighted by Gasteiger charge is 2.42. The number of hydrogen-bond donors (Lipinski definition) is 3. The SMILES string of the molecule is CCCOC(=O)c1c(C(=O)O)c(C(=O)O)c(C(=O)O)c(C(=O)OCCC)c1C(=O)OCCC. The summed E-state index contributed by atoms with van der Waals surface area (Å²) in [5.74, 6) is -10.4. The van der Waals surface area contributed by atoms with E-state index in [1.54, 1.807) is 20.8 Å². The highest BCUT2D eigenvalue weighted by Crippen LogP contribution is 2.32. The maximum Gasteiger partial charge on any atom is 0.339 e. The molecule has 0 atom stereocenters. The van der Waals surface area contributed by atoms with Gasteiger partial charge in [-0.25, -0.2) is 28.8 Å². The van der Waals surface area contributed by atoms with Gasteiger partial charge in [0.1, 0.15) is 0 Å².